The molecule has 4 aromatic rings. The van der Waals surface area contributed by atoms with Gasteiger partial charge >= 0.3 is 6.09 Å². The molecule has 2 heterocycles. The number of aromatic nitrogens is 4. The number of ether oxygens (including phenoxy) is 1. The Morgan fingerprint density at radius 2 is 1.32 bits per heavy atom. The molecule has 7 heteroatoms. The summed E-state index contributed by atoms with van der Waals surface area (Å²) in [6.07, 6.45) is 1.34. The van der Waals surface area contributed by atoms with Crippen molar-refractivity contribution in [1.82, 2.24) is 25.5 Å². The summed E-state index contributed by atoms with van der Waals surface area (Å²) < 4.78 is 5.67. The van der Waals surface area contributed by atoms with Crippen molar-refractivity contribution in [1.29, 1.82) is 0 Å². The molecular formula is C31H35N5O2. The highest BCUT2D eigenvalue weighted by Gasteiger charge is 2.50. The number of benzene rings is 3. The van der Waals surface area contributed by atoms with E-state index >= 15 is 0 Å². The summed E-state index contributed by atoms with van der Waals surface area (Å²) in [5.41, 5.74) is 2.40. The van der Waals surface area contributed by atoms with E-state index in [-0.39, 0.29) is 17.9 Å². The van der Waals surface area contributed by atoms with Gasteiger partial charge in [-0.05, 0) is 56.2 Å². The molecule has 1 unspecified atom stereocenters. The molecule has 3 aromatic carbocycles. The lowest BCUT2D eigenvalue weighted by Gasteiger charge is -2.46. The third-order valence-corrected chi connectivity index (χ3v) is 7.46. The normalized spacial score (nSPS) is 15.7. The minimum atomic E-state index is -0.577. The van der Waals surface area contributed by atoms with Crippen LogP contribution in [0.2, 0.25) is 0 Å². The van der Waals surface area contributed by atoms with Crippen LogP contribution in [0.3, 0.4) is 0 Å². The summed E-state index contributed by atoms with van der Waals surface area (Å²) in [5, 5.41) is 15.9. The standard InChI is InChI=1S/C31H35N5O2/c1-30(2,3)38-29(37)36-21-19-23(20-22-36)27(28-32-34-35-33-28)31(24-13-7-4-8-14-24,25-15-9-5-10-16-25)26-17-11-6-12-18-26/h4-18,23,27H,19-22H2,1-3H3,(H,32,33,34,35). The Kier molecular flexibility index (Phi) is 7.27. The van der Waals surface area contributed by atoms with E-state index in [0.717, 1.165) is 12.8 Å². The Balaban J connectivity index is 1.65. The Morgan fingerprint density at radius 1 is 0.842 bits per heavy atom. The van der Waals surface area contributed by atoms with Crippen molar-refractivity contribution >= 4 is 6.09 Å². The first-order valence-corrected chi connectivity index (χ1v) is 13.3. The first-order valence-electron chi connectivity index (χ1n) is 13.3. The molecule has 0 radical (unpaired) electrons. The highest BCUT2D eigenvalue weighted by Crippen LogP contribution is 2.53. The number of hydrogen-bond donors (Lipinski definition) is 1. The number of likely N-dealkylation sites (tertiary alicyclic amines) is 1. The lowest BCUT2D eigenvalue weighted by Crippen LogP contribution is -2.47. The van der Waals surface area contributed by atoms with Crippen molar-refractivity contribution in [2.24, 2.45) is 5.92 Å². The average Bonchev–Trinajstić information content (AvgIpc) is 3.47. The van der Waals surface area contributed by atoms with Gasteiger partial charge in [0.2, 0.25) is 0 Å². The van der Waals surface area contributed by atoms with Crippen molar-refractivity contribution in [3.63, 3.8) is 0 Å². The molecule has 0 aliphatic carbocycles. The van der Waals surface area contributed by atoms with Crippen LogP contribution in [0.4, 0.5) is 4.79 Å². The van der Waals surface area contributed by atoms with Gasteiger partial charge in [0.15, 0.2) is 5.82 Å². The summed E-state index contributed by atoms with van der Waals surface area (Å²) in [4.78, 5) is 14.7. The highest BCUT2D eigenvalue weighted by molar-refractivity contribution is 5.68. The minimum absolute atomic E-state index is 0.130. The SMILES string of the molecule is CC(C)(C)OC(=O)N1CCC(C(c2nn[nH]n2)C(c2ccccc2)(c2ccccc2)c2ccccc2)CC1. The number of carbonyl (C=O) groups is 1. The van der Waals surface area contributed by atoms with E-state index in [9.17, 15) is 4.79 Å². The number of tetrazole rings is 1. The lowest BCUT2D eigenvalue weighted by molar-refractivity contribution is 0.0165. The van der Waals surface area contributed by atoms with Gasteiger partial charge in [0, 0.05) is 19.0 Å². The molecule has 1 saturated heterocycles. The number of rotatable bonds is 6. The fraction of sp³-hybridized carbons (Fsp3) is 0.355. The largest absolute Gasteiger partial charge is 0.444 e. The van der Waals surface area contributed by atoms with Gasteiger partial charge in [0.1, 0.15) is 5.60 Å². The van der Waals surface area contributed by atoms with Crippen LogP contribution in [-0.2, 0) is 10.2 Å². The monoisotopic (exact) mass is 509 g/mol. The van der Waals surface area contributed by atoms with Crippen LogP contribution in [0.5, 0.6) is 0 Å². The number of H-pyrrole nitrogens is 1. The molecular weight excluding hydrogens is 474 g/mol. The molecule has 1 amide bonds. The summed E-state index contributed by atoms with van der Waals surface area (Å²) in [6.45, 7) is 6.93. The molecule has 1 aliphatic heterocycles. The van der Waals surface area contributed by atoms with Crippen molar-refractivity contribution in [3.8, 4) is 0 Å². The third-order valence-electron chi connectivity index (χ3n) is 7.46. The van der Waals surface area contributed by atoms with Crippen LogP contribution in [0.1, 0.15) is 62.0 Å². The number of nitrogens with zero attached hydrogens (tertiary/aromatic N) is 4. The highest BCUT2D eigenvalue weighted by atomic mass is 16.6. The second-order valence-electron chi connectivity index (χ2n) is 11.0. The maximum Gasteiger partial charge on any atom is 0.410 e. The van der Waals surface area contributed by atoms with Gasteiger partial charge in [-0.2, -0.15) is 5.21 Å². The van der Waals surface area contributed by atoms with E-state index < -0.39 is 11.0 Å². The number of carbonyl (C=O) groups excluding carboxylic acids is 1. The van der Waals surface area contributed by atoms with Gasteiger partial charge in [0.05, 0.1) is 5.41 Å². The summed E-state index contributed by atoms with van der Waals surface area (Å²) in [7, 11) is 0. The van der Waals surface area contributed by atoms with Gasteiger partial charge in [0.25, 0.3) is 0 Å². The fourth-order valence-electron chi connectivity index (χ4n) is 5.94. The van der Waals surface area contributed by atoms with Gasteiger partial charge in [-0.3, -0.25) is 0 Å². The Morgan fingerprint density at radius 3 is 1.71 bits per heavy atom. The average molecular weight is 510 g/mol. The first-order chi connectivity index (χ1) is 18.4. The zero-order valence-corrected chi connectivity index (χ0v) is 22.2. The van der Waals surface area contributed by atoms with Gasteiger partial charge in [-0.25, -0.2) is 4.79 Å². The number of amides is 1. The molecule has 1 fully saturated rings. The minimum Gasteiger partial charge on any atom is -0.444 e. The number of piperidine rings is 1. The molecule has 0 saturated carbocycles. The van der Waals surface area contributed by atoms with Gasteiger partial charge < -0.3 is 9.64 Å². The number of aromatic amines is 1. The van der Waals surface area contributed by atoms with E-state index in [1.165, 1.54) is 16.7 Å². The molecule has 1 aliphatic rings. The maximum absolute atomic E-state index is 12.8. The van der Waals surface area contributed by atoms with Crippen molar-refractivity contribution in [2.45, 2.75) is 50.5 Å². The van der Waals surface area contributed by atoms with Crippen molar-refractivity contribution in [2.75, 3.05) is 13.1 Å². The van der Waals surface area contributed by atoms with Crippen molar-refractivity contribution < 1.29 is 9.53 Å². The van der Waals surface area contributed by atoms with E-state index in [1.54, 1.807) is 0 Å². The topological polar surface area (TPSA) is 84.0 Å². The molecule has 0 bridgehead atoms. The maximum atomic E-state index is 12.8. The Labute approximate surface area is 224 Å². The van der Waals surface area contributed by atoms with Crippen LogP contribution in [0.25, 0.3) is 0 Å². The second kappa shape index (κ2) is 10.8. The molecule has 0 spiro atoms. The summed E-state index contributed by atoms with van der Waals surface area (Å²) in [6, 6.07) is 31.9. The first kappa shape index (κ1) is 25.6. The molecule has 38 heavy (non-hydrogen) atoms. The van der Waals surface area contributed by atoms with Crippen molar-refractivity contribution in [3.05, 3.63) is 114 Å². The van der Waals surface area contributed by atoms with Gasteiger partial charge in [-0.1, -0.05) is 96.2 Å². The molecule has 1 atom stereocenters. The molecule has 5 rings (SSSR count). The summed E-state index contributed by atoms with van der Waals surface area (Å²) in [5.74, 6) is 0.735. The van der Waals surface area contributed by atoms with E-state index in [0.29, 0.717) is 18.9 Å². The van der Waals surface area contributed by atoms with E-state index in [4.69, 9.17) is 4.74 Å². The molecule has 1 N–H and O–H groups in total. The van der Waals surface area contributed by atoms with E-state index in [2.05, 4.69) is 93.4 Å². The van der Waals surface area contributed by atoms with Crippen LogP contribution in [-0.4, -0.2) is 50.3 Å². The molecule has 1 aromatic heterocycles. The Hall–Kier alpha value is -4.00. The molecule has 196 valence electrons. The lowest BCUT2D eigenvalue weighted by atomic mass is 9.57. The Bertz CT molecular complexity index is 1200. The predicted molar refractivity (Wildman–Crippen MR) is 147 cm³/mol. The quantitative estimate of drug-likeness (QED) is 0.324. The van der Waals surface area contributed by atoms with Crippen LogP contribution in [0.15, 0.2) is 91.0 Å². The number of nitrogens with one attached hydrogen (secondary N) is 1. The second-order valence-corrected chi connectivity index (χ2v) is 11.0. The van der Waals surface area contributed by atoms with Gasteiger partial charge in [-0.15, -0.1) is 10.2 Å². The molecule has 7 nitrogen and oxygen atoms in total. The zero-order chi connectivity index (χ0) is 26.6. The number of hydrogen-bond acceptors (Lipinski definition) is 5. The van der Waals surface area contributed by atoms with E-state index in [1.807, 2.05) is 43.9 Å². The van der Waals surface area contributed by atoms with Crippen LogP contribution >= 0.6 is 0 Å². The summed E-state index contributed by atoms with van der Waals surface area (Å²) >= 11 is 0. The van der Waals surface area contributed by atoms with Crippen LogP contribution < -0.4 is 0 Å². The third kappa shape index (κ3) is 5.05. The predicted octanol–water partition coefficient (Wildman–Crippen LogP) is 5.97. The fourth-order valence-corrected chi connectivity index (χ4v) is 5.94. The van der Waals surface area contributed by atoms with Crippen LogP contribution in [0, 0.1) is 5.92 Å². The smallest absolute Gasteiger partial charge is 0.410 e. The zero-order valence-electron chi connectivity index (χ0n) is 22.2.